The maximum absolute atomic E-state index is 12.1. The number of hydrogen-bond donors (Lipinski definition) is 2. The Hall–Kier alpha value is -2.60. The second-order valence-electron chi connectivity index (χ2n) is 7.29. The van der Waals surface area contributed by atoms with E-state index in [-0.39, 0.29) is 5.91 Å². The van der Waals surface area contributed by atoms with E-state index in [2.05, 4.69) is 10.3 Å². The zero-order valence-corrected chi connectivity index (χ0v) is 15.0. The van der Waals surface area contributed by atoms with Crippen LogP contribution >= 0.6 is 0 Å². The van der Waals surface area contributed by atoms with Gasteiger partial charge in [0.15, 0.2) is 0 Å². The molecule has 1 amide bonds. The highest BCUT2D eigenvalue weighted by atomic mass is 16.5. The molecule has 3 atom stereocenters. The van der Waals surface area contributed by atoms with Gasteiger partial charge in [0.05, 0.1) is 24.0 Å². The molecule has 0 spiro atoms. The number of anilines is 1. The van der Waals surface area contributed by atoms with Crippen molar-refractivity contribution in [2.24, 2.45) is 11.7 Å². The van der Waals surface area contributed by atoms with Crippen molar-refractivity contribution in [3.63, 3.8) is 0 Å². The van der Waals surface area contributed by atoms with Crippen molar-refractivity contribution in [3.05, 3.63) is 42.1 Å². The molecule has 1 aliphatic heterocycles. The molecule has 1 saturated carbocycles. The van der Waals surface area contributed by atoms with Crippen molar-refractivity contribution in [3.8, 4) is 17.4 Å². The quantitative estimate of drug-likeness (QED) is 0.860. The molecule has 136 valence electrons. The van der Waals surface area contributed by atoms with Crippen LogP contribution in [0.5, 0.6) is 17.4 Å². The molecule has 1 fully saturated rings. The van der Waals surface area contributed by atoms with Crippen LogP contribution in [0.4, 0.5) is 5.69 Å². The molecule has 6 heteroatoms. The summed E-state index contributed by atoms with van der Waals surface area (Å²) in [5.74, 6) is 3.09. The SMILES string of the molecule is CC[C@@](C)(N)C(=O)Nc1ccc(Oc2cccc3c2C2CC2CO3)nc1. The van der Waals surface area contributed by atoms with Crippen LogP contribution in [0, 0.1) is 5.92 Å². The first kappa shape index (κ1) is 16.8. The number of rotatable bonds is 5. The van der Waals surface area contributed by atoms with Crippen LogP contribution in [-0.4, -0.2) is 23.0 Å². The molecule has 0 bridgehead atoms. The Kier molecular flexibility index (Phi) is 4.07. The predicted octanol–water partition coefficient (Wildman–Crippen LogP) is 3.44. The fourth-order valence-corrected chi connectivity index (χ4v) is 3.15. The van der Waals surface area contributed by atoms with Gasteiger partial charge in [-0.05, 0) is 43.9 Å². The number of nitrogens with two attached hydrogens (primary N) is 1. The lowest BCUT2D eigenvalue weighted by atomic mass is 9.99. The molecule has 6 nitrogen and oxygen atoms in total. The fraction of sp³-hybridized carbons (Fsp3) is 0.400. The highest BCUT2D eigenvalue weighted by Gasteiger charge is 2.45. The summed E-state index contributed by atoms with van der Waals surface area (Å²) in [4.78, 5) is 16.4. The minimum Gasteiger partial charge on any atom is -0.493 e. The van der Waals surface area contributed by atoms with Crippen molar-refractivity contribution in [1.29, 1.82) is 0 Å². The lowest BCUT2D eigenvalue weighted by Crippen LogP contribution is -2.47. The Morgan fingerprint density at radius 1 is 1.42 bits per heavy atom. The van der Waals surface area contributed by atoms with Crippen LogP contribution in [0.2, 0.25) is 0 Å². The maximum atomic E-state index is 12.1. The van der Waals surface area contributed by atoms with Gasteiger partial charge in [-0.3, -0.25) is 4.79 Å². The summed E-state index contributed by atoms with van der Waals surface area (Å²) in [5, 5.41) is 2.79. The minimum absolute atomic E-state index is 0.232. The molecule has 1 aromatic heterocycles. The van der Waals surface area contributed by atoms with Crippen LogP contribution in [0.25, 0.3) is 0 Å². The predicted molar refractivity (Wildman–Crippen MR) is 98.6 cm³/mol. The normalized spacial score (nSPS) is 22.3. The summed E-state index contributed by atoms with van der Waals surface area (Å²) in [6.07, 6.45) is 3.28. The van der Waals surface area contributed by atoms with Crippen molar-refractivity contribution < 1.29 is 14.3 Å². The first-order valence-corrected chi connectivity index (χ1v) is 8.98. The fourth-order valence-electron chi connectivity index (χ4n) is 3.15. The molecular weight excluding hydrogens is 330 g/mol. The van der Waals surface area contributed by atoms with Crippen LogP contribution in [0.1, 0.15) is 38.2 Å². The van der Waals surface area contributed by atoms with Gasteiger partial charge < -0.3 is 20.5 Å². The first-order valence-electron chi connectivity index (χ1n) is 8.98. The van der Waals surface area contributed by atoms with Crippen LogP contribution in [0.3, 0.4) is 0 Å². The molecule has 0 saturated heterocycles. The number of carbonyl (C=O) groups excluding carboxylic acids is 1. The summed E-state index contributed by atoms with van der Waals surface area (Å²) in [6, 6.07) is 9.36. The van der Waals surface area contributed by atoms with Gasteiger partial charge in [0, 0.05) is 17.5 Å². The van der Waals surface area contributed by atoms with Gasteiger partial charge in [0.2, 0.25) is 11.8 Å². The van der Waals surface area contributed by atoms with Gasteiger partial charge in [-0.25, -0.2) is 4.98 Å². The summed E-state index contributed by atoms with van der Waals surface area (Å²) in [6.45, 7) is 4.38. The van der Waals surface area contributed by atoms with Crippen molar-refractivity contribution in [2.45, 2.75) is 38.1 Å². The molecular formula is C20H23N3O3. The van der Waals surface area contributed by atoms with Crippen LogP contribution < -0.4 is 20.5 Å². The molecule has 3 N–H and O–H groups in total. The number of benzene rings is 1. The molecule has 4 rings (SSSR count). The van der Waals surface area contributed by atoms with E-state index in [0.717, 1.165) is 30.1 Å². The highest BCUT2D eigenvalue weighted by Crippen LogP contribution is 2.57. The molecule has 26 heavy (non-hydrogen) atoms. The molecule has 2 heterocycles. The summed E-state index contributed by atoms with van der Waals surface area (Å²) >= 11 is 0. The largest absolute Gasteiger partial charge is 0.493 e. The smallest absolute Gasteiger partial charge is 0.244 e. The van der Waals surface area contributed by atoms with Gasteiger partial charge in [-0.1, -0.05) is 13.0 Å². The third-order valence-electron chi connectivity index (χ3n) is 5.23. The van der Waals surface area contributed by atoms with E-state index in [1.54, 1.807) is 25.3 Å². The number of pyridine rings is 1. The van der Waals surface area contributed by atoms with Crippen molar-refractivity contribution in [2.75, 3.05) is 11.9 Å². The third-order valence-corrected chi connectivity index (χ3v) is 5.23. The lowest BCUT2D eigenvalue weighted by molar-refractivity contribution is -0.120. The number of carbonyl (C=O) groups is 1. The Morgan fingerprint density at radius 2 is 2.27 bits per heavy atom. The Morgan fingerprint density at radius 3 is 3.00 bits per heavy atom. The van der Waals surface area contributed by atoms with E-state index in [0.29, 0.717) is 29.8 Å². The average Bonchev–Trinajstić information content (AvgIpc) is 3.43. The van der Waals surface area contributed by atoms with Gasteiger partial charge >= 0.3 is 0 Å². The molecule has 1 aliphatic carbocycles. The second-order valence-corrected chi connectivity index (χ2v) is 7.29. The van der Waals surface area contributed by atoms with Gasteiger partial charge in [0.1, 0.15) is 11.5 Å². The Balaban J connectivity index is 1.48. The number of aromatic nitrogens is 1. The zero-order chi connectivity index (χ0) is 18.3. The zero-order valence-electron chi connectivity index (χ0n) is 15.0. The Labute approximate surface area is 152 Å². The molecule has 2 unspecified atom stereocenters. The van der Waals surface area contributed by atoms with Crippen LogP contribution in [0.15, 0.2) is 36.5 Å². The van der Waals surface area contributed by atoms with Gasteiger partial charge in [-0.15, -0.1) is 0 Å². The maximum Gasteiger partial charge on any atom is 0.244 e. The first-order chi connectivity index (χ1) is 12.5. The van der Waals surface area contributed by atoms with E-state index < -0.39 is 5.54 Å². The average molecular weight is 353 g/mol. The monoisotopic (exact) mass is 353 g/mol. The van der Waals surface area contributed by atoms with Crippen LogP contribution in [-0.2, 0) is 4.79 Å². The second kappa shape index (κ2) is 6.29. The Bertz CT molecular complexity index is 833. The number of amides is 1. The lowest BCUT2D eigenvalue weighted by Gasteiger charge is -2.21. The van der Waals surface area contributed by atoms with E-state index in [1.165, 1.54) is 0 Å². The standard InChI is InChI=1S/C20H23N3O3/c1-3-20(2,21)19(24)23-13-7-8-17(22-10-13)26-16-6-4-5-15-18(16)14-9-12(14)11-25-15/h4-8,10,12,14H,3,9,11,21H2,1-2H3,(H,23,24)/t12?,14?,20-/m1/s1. The number of nitrogens with one attached hydrogen (secondary N) is 1. The number of ether oxygens (including phenoxy) is 2. The molecule has 2 aliphatic rings. The summed E-state index contributed by atoms with van der Waals surface area (Å²) in [5.41, 5.74) is 6.78. The highest BCUT2D eigenvalue weighted by molar-refractivity contribution is 5.97. The minimum atomic E-state index is -0.904. The number of nitrogens with zero attached hydrogens (tertiary/aromatic N) is 1. The topological polar surface area (TPSA) is 86.5 Å². The number of hydrogen-bond acceptors (Lipinski definition) is 5. The summed E-state index contributed by atoms with van der Waals surface area (Å²) < 4.78 is 11.8. The van der Waals surface area contributed by atoms with Crippen molar-refractivity contribution >= 4 is 11.6 Å². The third kappa shape index (κ3) is 3.12. The number of fused-ring (bicyclic) bond motifs is 3. The van der Waals surface area contributed by atoms with E-state index in [4.69, 9.17) is 15.2 Å². The van der Waals surface area contributed by atoms with E-state index in [9.17, 15) is 4.79 Å². The molecule has 2 aromatic rings. The molecule has 0 radical (unpaired) electrons. The van der Waals surface area contributed by atoms with E-state index in [1.807, 2.05) is 25.1 Å². The molecule has 1 aromatic carbocycles. The van der Waals surface area contributed by atoms with Gasteiger partial charge in [-0.2, -0.15) is 0 Å². The van der Waals surface area contributed by atoms with Gasteiger partial charge in [0.25, 0.3) is 0 Å². The van der Waals surface area contributed by atoms with Crippen molar-refractivity contribution in [1.82, 2.24) is 4.98 Å². The summed E-state index contributed by atoms with van der Waals surface area (Å²) in [7, 11) is 0. The van der Waals surface area contributed by atoms with E-state index >= 15 is 0 Å².